The Kier molecular flexibility index (Phi) is 9.92. The van der Waals surface area contributed by atoms with Crippen molar-refractivity contribution in [3.8, 4) is 5.95 Å². The zero-order valence-electron chi connectivity index (χ0n) is 27.0. The molecule has 15 nitrogen and oxygen atoms in total. The third-order valence-electron chi connectivity index (χ3n) is 8.91. The topological polar surface area (TPSA) is 164 Å². The Labute approximate surface area is 272 Å². The number of anilines is 1. The molecule has 5 heterocycles. The number of carbonyl (C=O) groups excluding carboxylic acids is 3. The number of aryl methyl sites for hydroxylation is 2. The van der Waals surface area contributed by atoms with Crippen molar-refractivity contribution >= 4 is 45.7 Å². The van der Waals surface area contributed by atoms with Crippen LogP contribution >= 0.6 is 0 Å². The molecule has 15 heteroatoms. The zero-order chi connectivity index (χ0) is 32.9. The number of benzene rings is 1. The third-order valence-corrected chi connectivity index (χ3v) is 8.91. The van der Waals surface area contributed by atoms with Crippen LogP contribution in [-0.4, -0.2) is 108 Å². The van der Waals surface area contributed by atoms with Gasteiger partial charge in [-0.3, -0.25) is 24.2 Å². The maximum atomic E-state index is 13.2. The molecular formula is C32H42N10O5. The van der Waals surface area contributed by atoms with Gasteiger partial charge in [-0.05, 0) is 25.0 Å². The number of rotatable bonds is 12. The first-order valence-corrected chi connectivity index (χ1v) is 16.4. The number of piperazine rings is 1. The summed E-state index contributed by atoms with van der Waals surface area (Å²) in [5.74, 6) is 2.25. The fourth-order valence-corrected chi connectivity index (χ4v) is 6.24. The fraction of sp³-hybridized carbons (Fsp3) is 0.531. The van der Waals surface area contributed by atoms with Crippen LogP contribution < -0.4 is 10.4 Å². The van der Waals surface area contributed by atoms with Crippen molar-refractivity contribution in [2.45, 2.75) is 58.4 Å². The van der Waals surface area contributed by atoms with Gasteiger partial charge < -0.3 is 24.0 Å². The summed E-state index contributed by atoms with van der Waals surface area (Å²) in [5, 5.41) is 8.57. The molecule has 47 heavy (non-hydrogen) atoms. The lowest BCUT2D eigenvalue weighted by Gasteiger charge is -2.34. The van der Waals surface area contributed by atoms with Crippen LogP contribution in [0.15, 0.2) is 24.3 Å². The van der Waals surface area contributed by atoms with E-state index in [1.54, 1.807) is 15.3 Å². The van der Waals surface area contributed by atoms with Crippen molar-refractivity contribution in [2.24, 2.45) is 7.05 Å². The highest BCUT2D eigenvalue weighted by Crippen LogP contribution is 2.29. The third kappa shape index (κ3) is 6.90. The number of nitrogens with one attached hydrogen (secondary N) is 1. The minimum absolute atomic E-state index is 0.0368. The number of fused-ring (bicyclic) bond motifs is 2. The number of unbranched alkanes of at least 4 members (excludes halogenated alkanes) is 3. The molecule has 2 aliphatic heterocycles. The van der Waals surface area contributed by atoms with Gasteiger partial charge in [0.2, 0.25) is 23.7 Å². The van der Waals surface area contributed by atoms with Gasteiger partial charge in [-0.15, -0.1) is 0 Å². The van der Waals surface area contributed by atoms with E-state index in [-0.39, 0.29) is 24.8 Å². The summed E-state index contributed by atoms with van der Waals surface area (Å²) in [6.07, 6.45) is 4.28. The van der Waals surface area contributed by atoms with Gasteiger partial charge in [-0.25, -0.2) is 15.4 Å². The molecule has 250 valence electrons. The lowest BCUT2D eigenvalue weighted by atomic mass is 10.1. The lowest BCUT2D eigenvalue weighted by molar-refractivity contribution is -0.145. The van der Waals surface area contributed by atoms with E-state index in [4.69, 9.17) is 29.9 Å². The molecule has 4 aromatic rings. The van der Waals surface area contributed by atoms with Gasteiger partial charge in [-0.2, -0.15) is 9.97 Å². The van der Waals surface area contributed by atoms with Crippen LogP contribution in [0.5, 0.6) is 0 Å². The molecule has 2 N–H and O–H groups in total. The number of aromatic nitrogens is 6. The molecular weight excluding hydrogens is 604 g/mol. The van der Waals surface area contributed by atoms with Crippen molar-refractivity contribution in [3.63, 3.8) is 0 Å². The average molecular weight is 647 g/mol. The van der Waals surface area contributed by atoms with Crippen molar-refractivity contribution in [3.05, 3.63) is 35.9 Å². The number of hydroxylamine groups is 1. The quantitative estimate of drug-likeness (QED) is 0.132. The Morgan fingerprint density at radius 3 is 2.45 bits per heavy atom. The highest BCUT2D eigenvalue weighted by atomic mass is 16.5. The van der Waals surface area contributed by atoms with Gasteiger partial charge in [0.05, 0.1) is 37.3 Å². The standard InChI is InChI=1S/C32H42N10O5/c1-3-24-33-22-10-8-9-11-23(22)42(24)32-35-30-29(31(36-32)39-16-18-47-19-17-39)34-25(38(30)2)20-40-14-15-41(21-28(40)45)27(44)13-7-5-4-6-12-26(43)37-46/h8-11,46H,3-7,12-21H2,1-2H3,(H,37,43). The maximum absolute atomic E-state index is 13.2. The second-order valence-electron chi connectivity index (χ2n) is 12.0. The minimum atomic E-state index is -0.403. The van der Waals surface area contributed by atoms with Crippen molar-refractivity contribution in [2.75, 3.05) is 50.8 Å². The van der Waals surface area contributed by atoms with Gasteiger partial charge in [0.25, 0.3) is 0 Å². The molecule has 2 saturated heterocycles. The van der Waals surface area contributed by atoms with E-state index in [9.17, 15) is 14.4 Å². The summed E-state index contributed by atoms with van der Waals surface area (Å²) in [5.41, 5.74) is 4.79. The van der Waals surface area contributed by atoms with Crippen LogP contribution in [0.4, 0.5) is 5.82 Å². The molecule has 0 aliphatic carbocycles. The number of hydrogen-bond acceptors (Lipinski definition) is 10. The Balaban J connectivity index is 1.19. The number of ether oxygens (including phenoxy) is 1. The Morgan fingerprint density at radius 2 is 1.70 bits per heavy atom. The fourth-order valence-electron chi connectivity index (χ4n) is 6.24. The minimum Gasteiger partial charge on any atom is -0.378 e. The molecule has 3 amide bonds. The molecule has 2 aliphatic rings. The lowest BCUT2D eigenvalue weighted by Crippen LogP contribution is -2.52. The number of amides is 3. The number of morpholine rings is 1. The van der Waals surface area contributed by atoms with E-state index in [2.05, 4.69) is 11.8 Å². The normalized spacial score (nSPS) is 15.6. The van der Waals surface area contributed by atoms with E-state index in [1.807, 2.05) is 40.4 Å². The number of carbonyl (C=O) groups is 3. The first kappa shape index (κ1) is 32.3. The summed E-state index contributed by atoms with van der Waals surface area (Å²) < 4.78 is 9.58. The summed E-state index contributed by atoms with van der Waals surface area (Å²) in [7, 11) is 1.91. The molecule has 0 radical (unpaired) electrons. The van der Waals surface area contributed by atoms with Gasteiger partial charge in [-0.1, -0.05) is 31.9 Å². The van der Waals surface area contributed by atoms with Crippen molar-refractivity contribution in [1.82, 2.24) is 44.4 Å². The zero-order valence-corrected chi connectivity index (χ0v) is 27.0. The number of para-hydroxylation sites is 2. The maximum Gasteiger partial charge on any atom is 0.243 e. The molecule has 0 spiro atoms. The largest absolute Gasteiger partial charge is 0.378 e. The molecule has 0 atom stereocenters. The summed E-state index contributed by atoms with van der Waals surface area (Å²) in [6, 6.07) is 7.97. The predicted octanol–water partition coefficient (Wildman–Crippen LogP) is 2.12. The Hall–Kier alpha value is -4.63. The predicted molar refractivity (Wildman–Crippen MR) is 173 cm³/mol. The number of nitrogens with zero attached hydrogens (tertiary/aromatic N) is 9. The average Bonchev–Trinajstić information content (AvgIpc) is 3.63. The first-order chi connectivity index (χ1) is 22.9. The molecule has 1 aromatic carbocycles. The molecule has 0 saturated carbocycles. The first-order valence-electron chi connectivity index (χ1n) is 16.4. The highest BCUT2D eigenvalue weighted by Gasteiger charge is 2.29. The van der Waals surface area contributed by atoms with E-state index in [1.165, 1.54) is 0 Å². The number of hydrogen-bond donors (Lipinski definition) is 2. The molecule has 0 unspecified atom stereocenters. The summed E-state index contributed by atoms with van der Waals surface area (Å²) in [4.78, 5) is 62.7. The van der Waals surface area contributed by atoms with Crippen molar-refractivity contribution in [1.29, 1.82) is 0 Å². The summed E-state index contributed by atoms with van der Waals surface area (Å²) >= 11 is 0. The molecule has 0 bridgehead atoms. The van der Waals surface area contributed by atoms with Crippen LogP contribution in [0, 0.1) is 0 Å². The van der Waals surface area contributed by atoms with Gasteiger partial charge in [0.15, 0.2) is 17.0 Å². The second kappa shape index (κ2) is 14.4. The van der Waals surface area contributed by atoms with E-state index in [0.29, 0.717) is 94.6 Å². The van der Waals surface area contributed by atoms with Crippen LogP contribution in [0.1, 0.15) is 57.1 Å². The molecule has 2 fully saturated rings. The van der Waals surface area contributed by atoms with E-state index >= 15 is 0 Å². The van der Waals surface area contributed by atoms with Crippen LogP contribution in [0.25, 0.3) is 28.1 Å². The number of imidazole rings is 2. The van der Waals surface area contributed by atoms with Crippen LogP contribution in [0.3, 0.4) is 0 Å². The Bertz CT molecular complexity index is 1760. The SMILES string of the molecule is CCc1nc2ccccc2n1-c1nc(N2CCOCC2)c2nc(CN3CCN(C(=O)CCCCCCC(=O)NO)CC3=O)n(C)c2n1. The molecule has 6 rings (SSSR count). The second-order valence-corrected chi connectivity index (χ2v) is 12.0. The van der Waals surface area contributed by atoms with E-state index in [0.717, 1.165) is 35.5 Å². The van der Waals surface area contributed by atoms with Gasteiger partial charge >= 0.3 is 0 Å². The van der Waals surface area contributed by atoms with Gasteiger partial charge in [0.1, 0.15) is 11.6 Å². The smallest absolute Gasteiger partial charge is 0.243 e. The molecule has 3 aromatic heterocycles. The monoisotopic (exact) mass is 646 g/mol. The van der Waals surface area contributed by atoms with E-state index < -0.39 is 5.91 Å². The highest BCUT2D eigenvalue weighted by molar-refractivity contribution is 5.87. The van der Waals surface area contributed by atoms with Crippen LogP contribution in [0.2, 0.25) is 0 Å². The van der Waals surface area contributed by atoms with Gasteiger partial charge in [0, 0.05) is 52.5 Å². The van der Waals surface area contributed by atoms with Crippen LogP contribution in [-0.2, 0) is 39.1 Å². The Morgan fingerprint density at radius 1 is 0.936 bits per heavy atom. The van der Waals surface area contributed by atoms with Crippen molar-refractivity contribution < 1.29 is 24.3 Å². The summed E-state index contributed by atoms with van der Waals surface area (Å²) in [6.45, 7) is 5.81.